The quantitative estimate of drug-likeness (QED) is 0.778. The summed E-state index contributed by atoms with van der Waals surface area (Å²) in [4.78, 5) is 0. The summed E-state index contributed by atoms with van der Waals surface area (Å²) in [6.45, 7) is 1.88. The van der Waals surface area contributed by atoms with Crippen molar-refractivity contribution < 1.29 is 14.2 Å². The van der Waals surface area contributed by atoms with Crippen molar-refractivity contribution in [3.8, 4) is 17.2 Å². The van der Waals surface area contributed by atoms with Gasteiger partial charge in [-0.15, -0.1) is 0 Å². The molecule has 14 heavy (non-hydrogen) atoms. The molecule has 1 aromatic rings. The maximum atomic E-state index is 6.05. The molecule has 4 heteroatoms. The number of hydrogen-bond donors (Lipinski definition) is 0. The second kappa shape index (κ2) is 4.42. The topological polar surface area (TPSA) is 27.7 Å². The van der Waals surface area contributed by atoms with Crippen molar-refractivity contribution in [2.24, 2.45) is 0 Å². The van der Waals surface area contributed by atoms with Crippen molar-refractivity contribution >= 4 is 11.6 Å². The lowest BCUT2D eigenvalue weighted by Gasteiger charge is -2.14. The van der Waals surface area contributed by atoms with E-state index in [4.69, 9.17) is 25.8 Å². The fourth-order valence-corrected chi connectivity index (χ4v) is 1.46. The van der Waals surface area contributed by atoms with Crippen LogP contribution in [-0.2, 0) is 0 Å². The Morgan fingerprint density at radius 3 is 2.00 bits per heavy atom. The van der Waals surface area contributed by atoms with Gasteiger partial charge in [-0.2, -0.15) is 0 Å². The first-order valence-corrected chi connectivity index (χ1v) is 4.48. The van der Waals surface area contributed by atoms with Crippen LogP contribution < -0.4 is 14.2 Å². The molecule has 0 N–H and O–H groups in total. The van der Waals surface area contributed by atoms with Gasteiger partial charge < -0.3 is 14.2 Å². The van der Waals surface area contributed by atoms with Gasteiger partial charge in [0.05, 0.1) is 26.4 Å². The minimum atomic E-state index is 0.506. The maximum Gasteiger partial charge on any atom is 0.204 e. The Kier molecular flexibility index (Phi) is 3.47. The molecule has 0 fully saturated rings. The monoisotopic (exact) mass is 216 g/mol. The van der Waals surface area contributed by atoms with Gasteiger partial charge >= 0.3 is 0 Å². The van der Waals surface area contributed by atoms with Crippen LogP contribution in [-0.4, -0.2) is 21.3 Å². The van der Waals surface area contributed by atoms with Crippen LogP contribution in [0.5, 0.6) is 17.2 Å². The lowest BCUT2D eigenvalue weighted by atomic mass is 10.2. The summed E-state index contributed by atoms with van der Waals surface area (Å²) < 4.78 is 15.5. The first-order valence-electron chi connectivity index (χ1n) is 4.10. The van der Waals surface area contributed by atoms with Gasteiger partial charge in [0.1, 0.15) is 0 Å². The van der Waals surface area contributed by atoms with Gasteiger partial charge in [-0.25, -0.2) is 0 Å². The molecule has 0 atom stereocenters. The largest absolute Gasteiger partial charge is 0.493 e. The van der Waals surface area contributed by atoms with Crippen molar-refractivity contribution in [3.05, 3.63) is 16.7 Å². The number of halogens is 1. The minimum absolute atomic E-state index is 0.506. The predicted octanol–water partition coefficient (Wildman–Crippen LogP) is 2.67. The normalized spacial score (nSPS) is 9.79. The van der Waals surface area contributed by atoms with Crippen molar-refractivity contribution in [1.82, 2.24) is 0 Å². The molecule has 0 aromatic heterocycles. The zero-order valence-electron chi connectivity index (χ0n) is 8.68. The van der Waals surface area contributed by atoms with Gasteiger partial charge in [0, 0.05) is 0 Å². The summed E-state index contributed by atoms with van der Waals surface area (Å²) in [5.41, 5.74) is 0.890. The molecule has 0 radical (unpaired) electrons. The standard InChI is InChI=1S/C10H13ClO3/c1-6-5-7(12-2)9(13-3)10(14-4)8(6)11/h5H,1-4H3. The summed E-state index contributed by atoms with van der Waals surface area (Å²) in [6.07, 6.45) is 0. The molecule has 0 saturated heterocycles. The van der Waals surface area contributed by atoms with Crippen molar-refractivity contribution in [2.75, 3.05) is 21.3 Å². The summed E-state index contributed by atoms with van der Waals surface area (Å²) >= 11 is 6.05. The lowest BCUT2D eigenvalue weighted by molar-refractivity contribution is 0.324. The predicted molar refractivity (Wildman–Crippen MR) is 55.8 cm³/mol. The number of aryl methyl sites for hydroxylation is 1. The average Bonchev–Trinajstić information content (AvgIpc) is 2.20. The fraction of sp³-hybridized carbons (Fsp3) is 0.400. The highest BCUT2D eigenvalue weighted by Crippen LogP contribution is 2.44. The van der Waals surface area contributed by atoms with Gasteiger partial charge in [-0.05, 0) is 18.6 Å². The Morgan fingerprint density at radius 2 is 1.57 bits per heavy atom. The van der Waals surface area contributed by atoms with Gasteiger partial charge in [0.15, 0.2) is 11.5 Å². The van der Waals surface area contributed by atoms with Gasteiger partial charge in [0.2, 0.25) is 5.75 Å². The van der Waals surface area contributed by atoms with Crippen LogP contribution >= 0.6 is 11.6 Å². The van der Waals surface area contributed by atoms with E-state index >= 15 is 0 Å². The van der Waals surface area contributed by atoms with E-state index in [2.05, 4.69) is 0 Å². The zero-order chi connectivity index (χ0) is 10.7. The Morgan fingerprint density at radius 1 is 1.00 bits per heavy atom. The van der Waals surface area contributed by atoms with E-state index in [0.717, 1.165) is 5.56 Å². The van der Waals surface area contributed by atoms with Crippen molar-refractivity contribution in [3.63, 3.8) is 0 Å². The molecule has 1 rings (SSSR count). The zero-order valence-corrected chi connectivity index (χ0v) is 9.44. The van der Waals surface area contributed by atoms with Gasteiger partial charge in [0.25, 0.3) is 0 Å². The van der Waals surface area contributed by atoms with E-state index in [1.54, 1.807) is 21.3 Å². The van der Waals surface area contributed by atoms with Crippen LogP contribution in [0.25, 0.3) is 0 Å². The molecule has 0 aliphatic heterocycles. The van der Waals surface area contributed by atoms with Crippen LogP contribution in [0.1, 0.15) is 5.56 Å². The smallest absolute Gasteiger partial charge is 0.204 e. The third kappa shape index (κ3) is 1.73. The summed E-state index contributed by atoms with van der Waals surface area (Å²) in [6, 6.07) is 1.81. The summed E-state index contributed by atoms with van der Waals surface area (Å²) in [5, 5.41) is 0.546. The first kappa shape index (κ1) is 11.0. The lowest BCUT2D eigenvalue weighted by Crippen LogP contribution is -1.96. The third-order valence-electron chi connectivity index (χ3n) is 1.95. The number of benzene rings is 1. The molecule has 0 saturated carbocycles. The number of ether oxygens (including phenoxy) is 3. The molecule has 0 heterocycles. The van der Waals surface area contributed by atoms with Crippen LogP contribution in [0.3, 0.4) is 0 Å². The number of methoxy groups -OCH3 is 3. The first-order chi connectivity index (χ1) is 6.65. The number of rotatable bonds is 3. The third-order valence-corrected chi connectivity index (χ3v) is 2.42. The van der Waals surface area contributed by atoms with Crippen LogP contribution in [0.4, 0.5) is 0 Å². The molecule has 3 nitrogen and oxygen atoms in total. The molecule has 0 amide bonds. The summed E-state index contributed by atoms with van der Waals surface area (Å²) in [5.74, 6) is 1.64. The minimum Gasteiger partial charge on any atom is -0.493 e. The molecular weight excluding hydrogens is 204 g/mol. The second-order valence-electron chi connectivity index (χ2n) is 2.78. The maximum absolute atomic E-state index is 6.05. The molecule has 0 spiro atoms. The SMILES string of the molecule is COc1cc(C)c(Cl)c(OC)c1OC. The highest BCUT2D eigenvalue weighted by atomic mass is 35.5. The highest BCUT2D eigenvalue weighted by Gasteiger charge is 2.16. The molecular formula is C10H13ClO3. The molecule has 0 aliphatic carbocycles. The van der Waals surface area contributed by atoms with Crippen molar-refractivity contribution in [1.29, 1.82) is 0 Å². The Balaban J connectivity index is 3.42. The van der Waals surface area contributed by atoms with E-state index in [-0.39, 0.29) is 0 Å². The van der Waals surface area contributed by atoms with Crippen LogP contribution in [0.2, 0.25) is 5.02 Å². The molecule has 1 aromatic carbocycles. The molecule has 78 valence electrons. The Bertz CT molecular complexity index is 337. The highest BCUT2D eigenvalue weighted by molar-refractivity contribution is 6.33. The van der Waals surface area contributed by atoms with E-state index < -0.39 is 0 Å². The molecule has 0 aliphatic rings. The second-order valence-corrected chi connectivity index (χ2v) is 3.15. The van der Waals surface area contributed by atoms with Crippen LogP contribution in [0, 0.1) is 6.92 Å². The van der Waals surface area contributed by atoms with Gasteiger partial charge in [-0.1, -0.05) is 11.6 Å². The molecule has 0 unspecified atom stereocenters. The van der Waals surface area contributed by atoms with E-state index in [1.807, 2.05) is 13.0 Å². The van der Waals surface area contributed by atoms with E-state index in [1.165, 1.54) is 0 Å². The Hall–Kier alpha value is -1.09. The van der Waals surface area contributed by atoms with Crippen molar-refractivity contribution in [2.45, 2.75) is 6.92 Å². The van der Waals surface area contributed by atoms with E-state index in [9.17, 15) is 0 Å². The fourth-order valence-electron chi connectivity index (χ4n) is 1.24. The number of hydrogen-bond acceptors (Lipinski definition) is 3. The Labute approximate surface area is 88.5 Å². The average molecular weight is 217 g/mol. The summed E-state index contributed by atoms with van der Waals surface area (Å²) in [7, 11) is 4.67. The van der Waals surface area contributed by atoms with E-state index in [0.29, 0.717) is 22.3 Å². The van der Waals surface area contributed by atoms with Crippen LogP contribution in [0.15, 0.2) is 6.07 Å². The molecule has 0 bridgehead atoms. The van der Waals surface area contributed by atoms with Gasteiger partial charge in [-0.3, -0.25) is 0 Å².